The van der Waals surface area contributed by atoms with Gasteiger partial charge in [0.2, 0.25) is 0 Å². The number of pyridine rings is 2. The molecule has 2 heterocycles. The summed E-state index contributed by atoms with van der Waals surface area (Å²) in [4.78, 5) is 26.1. The van der Waals surface area contributed by atoms with Crippen LogP contribution < -0.4 is 0 Å². The second-order valence-electron chi connectivity index (χ2n) is 3.19. The van der Waals surface area contributed by atoms with Gasteiger partial charge in [-0.05, 0) is 12.1 Å². The molecule has 0 fully saturated rings. The first-order chi connectivity index (χ1) is 9.40. The van der Waals surface area contributed by atoms with E-state index in [1.807, 2.05) is 0 Å². The van der Waals surface area contributed by atoms with Gasteiger partial charge in [-0.1, -0.05) is 23.2 Å². The van der Waals surface area contributed by atoms with Crippen molar-refractivity contribution in [3.05, 3.63) is 67.2 Å². The van der Waals surface area contributed by atoms with Crippen molar-refractivity contribution in [2.75, 3.05) is 0 Å². The quantitative estimate of drug-likeness (QED) is 0.477. The van der Waals surface area contributed by atoms with Gasteiger partial charge in [-0.2, -0.15) is 0 Å². The van der Waals surface area contributed by atoms with Crippen LogP contribution in [0.4, 0.5) is 11.4 Å². The van der Waals surface area contributed by atoms with E-state index in [2.05, 4.69) is 9.97 Å². The minimum absolute atomic E-state index is 0.0515. The predicted molar refractivity (Wildman–Crippen MR) is 71.8 cm³/mol. The van der Waals surface area contributed by atoms with E-state index in [4.69, 9.17) is 23.2 Å². The van der Waals surface area contributed by atoms with E-state index in [0.29, 0.717) is 0 Å². The van der Waals surface area contributed by atoms with Crippen LogP contribution in [0.15, 0.2) is 36.7 Å². The molecule has 0 amide bonds. The number of nitro groups is 2. The topological polar surface area (TPSA) is 112 Å². The molecule has 0 aliphatic rings. The van der Waals surface area contributed by atoms with E-state index in [9.17, 15) is 20.2 Å². The molecule has 104 valence electrons. The van der Waals surface area contributed by atoms with Gasteiger partial charge in [0.15, 0.2) is 0 Å². The summed E-state index contributed by atoms with van der Waals surface area (Å²) in [5.41, 5.74) is -0.103. The van der Waals surface area contributed by atoms with Crippen molar-refractivity contribution in [3.8, 4) is 0 Å². The maximum atomic E-state index is 10.0. The molecule has 2 aromatic rings. The molecule has 0 bridgehead atoms. The predicted octanol–water partition coefficient (Wildman–Crippen LogP) is 3.29. The fourth-order valence-corrected chi connectivity index (χ4v) is 1.18. The summed E-state index contributed by atoms with van der Waals surface area (Å²) < 4.78 is 0. The number of aromatic nitrogens is 2. The Bertz CT molecular complexity index is 548. The molecule has 0 saturated carbocycles. The Balaban J connectivity index is 0.000000200. The van der Waals surface area contributed by atoms with Crippen LogP contribution in [0, 0.1) is 20.2 Å². The lowest BCUT2D eigenvalue weighted by molar-refractivity contribution is -0.385. The van der Waals surface area contributed by atoms with Crippen molar-refractivity contribution >= 4 is 34.6 Å². The van der Waals surface area contributed by atoms with Gasteiger partial charge in [0.25, 0.3) is 11.4 Å². The second-order valence-corrected chi connectivity index (χ2v) is 3.97. The highest BCUT2D eigenvalue weighted by molar-refractivity contribution is 6.29. The van der Waals surface area contributed by atoms with Crippen molar-refractivity contribution in [3.63, 3.8) is 0 Å². The molecule has 2 rings (SSSR count). The van der Waals surface area contributed by atoms with E-state index >= 15 is 0 Å². The van der Waals surface area contributed by atoms with Gasteiger partial charge in [-0.3, -0.25) is 20.2 Å². The zero-order valence-corrected chi connectivity index (χ0v) is 11.2. The van der Waals surface area contributed by atoms with Crippen LogP contribution in [0.2, 0.25) is 10.3 Å². The minimum Gasteiger partial charge on any atom is -0.258 e. The number of hydrogen-bond donors (Lipinski definition) is 0. The number of rotatable bonds is 2. The highest BCUT2D eigenvalue weighted by atomic mass is 35.5. The zero-order chi connectivity index (χ0) is 15.1. The van der Waals surface area contributed by atoms with Crippen LogP contribution in [-0.2, 0) is 0 Å². The third-order valence-electron chi connectivity index (χ3n) is 1.85. The van der Waals surface area contributed by atoms with Crippen LogP contribution in [0.3, 0.4) is 0 Å². The van der Waals surface area contributed by atoms with Gasteiger partial charge < -0.3 is 0 Å². The molecule has 0 atom stereocenters. The first-order valence-corrected chi connectivity index (χ1v) is 5.67. The van der Waals surface area contributed by atoms with Crippen molar-refractivity contribution in [1.29, 1.82) is 0 Å². The van der Waals surface area contributed by atoms with Gasteiger partial charge in [-0.25, -0.2) is 9.97 Å². The van der Waals surface area contributed by atoms with E-state index in [-0.39, 0.29) is 21.7 Å². The number of halogens is 2. The maximum absolute atomic E-state index is 10.0. The van der Waals surface area contributed by atoms with E-state index in [0.717, 1.165) is 12.4 Å². The van der Waals surface area contributed by atoms with Crippen molar-refractivity contribution in [2.24, 2.45) is 0 Å². The first-order valence-electron chi connectivity index (χ1n) is 4.92. The molecule has 2 aromatic heterocycles. The minimum atomic E-state index is -0.524. The Kier molecular flexibility index (Phi) is 5.75. The molecule has 0 aliphatic heterocycles. The molecular formula is C10H6Cl2N4O4. The molecule has 0 aliphatic carbocycles. The Labute approximate surface area is 122 Å². The molecule has 0 aromatic carbocycles. The maximum Gasteiger partial charge on any atom is 0.287 e. The Morgan fingerprint density at radius 3 is 1.35 bits per heavy atom. The standard InChI is InChI=1S/2C5H3ClN2O2/c2*6-5-2-1-4(3-7-5)8(9)10/h2*1-3H. The van der Waals surface area contributed by atoms with Crippen molar-refractivity contribution < 1.29 is 9.85 Å². The average molecular weight is 317 g/mol. The number of nitrogens with zero attached hydrogens (tertiary/aromatic N) is 4. The summed E-state index contributed by atoms with van der Waals surface area (Å²) in [5.74, 6) is 0. The zero-order valence-electron chi connectivity index (χ0n) is 9.64. The molecular weight excluding hydrogens is 311 g/mol. The summed E-state index contributed by atoms with van der Waals surface area (Å²) in [5, 5.41) is 20.6. The SMILES string of the molecule is O=[N+]([O-])c1ccc(Cl)nc1.O=[N+]([O-])c1ccc(Cl)nc1. The van der Waals surface area contributed by atoms with E-state index in [1.54, 1.807) is 0 Å². The fraction of sp³-hybridized carbons (Fsp3) is 0. The Morgan fingerprint density at radius 2 is 1.15 bits per heavy atom. The van der Waals surface area contributed by atoms with Crippen LogP contribution >= 0.6 is 23.2 Å². The first kappa shape index (κ1) is 15.7. The van der Waals surface area contributed by atoms with Gasteiger partial charge in [0, 0.05) is 12.1 Å². The molecule has 0 unspecified atom stereocenters. The lowest BCUT2D eigenvalue weighted by Gasteiger charge is -1.88. The molecule has 20 heavy (non-hydrogen) atoms. The smallest absolute Gasteiger partial charge is 0.258 e. The number of hydrogen-bond acceptors (Lipinski definition) is 6. The highest BCUT2D eigenvalue weighted by Crippen LogP contribution is 2.11. The van der Waals surface area contributed by atoms with Gasteiger partial charge >= 0.3 is 0 Å². The third kappa shape index (κ3) is 5.12. The highest BCUT2D eigenvalue weighted by Gasteiger charge is 2.03. The molecule has 0 saturated heterocycles. The summed E-state index contributed by atoms with van der Waals surface area (Å²) in [7, 11) is 0. The lowest BCUT2D eigenvalue weighted by atomic mass is 10.4. The summed E-state index contributed by atoms with van der Waals surface area (Å²) in [6, 6.07) is 5.35. The normalized spacial score (nSPS) is 9.30. The molecule has 10 heteroatoms. The van der Waals surface area contributed by atoms with Crippen molar-refractivity contribution in [2.45, 2.75) is 0 Å². The Hall–Kier alpha value is -2.32. The fourth-order valence-electron chi connectivity index (χ4n) is 0.952. The largest absolute Gasteiger partial charge is 0.287 e. The van der Waals surface area contributed by atoms with Crippen LogP contribution in [-0.4, -0.2) is 19.8 Å². The average Bonchev–Trinajstić information content (AvgIpc) is 2.40. The van der Waals surface area contributed by atoms with E-state index < -0.39 is 9.85 Å². The Morgan fingerprint density at radius 1 is 0.800 bits per heavy atom. The third-order valence-corrected chi connectivity index (χ3v) is 2.29. The summed E-state index contributed by atoms with van der Waals surface area (Å²) in [6.07, 6.45) is 2.23. The molecule has 0 N–H and O–H groups in total. The van der Waals surface area contributed by atoms with E-state index in [1.165, 1.54) is 24.3 Å². The lowest BCUT2D eigenvalue weighted by Crippen LogP contribution is -1.87. The monoisotopic (exact) mass is 316 g/mol. The molecule has 0 spiro atoms. The molecule has 8 nitrogen and oxygen atoms in total. The van der Waals surface area contributed by atoms with Crippen LogP contribution in [0.25, 0.3) is 0 Å². The molecule has 0 radical (unpaired) electrons. The summed E-state index contributed by atoms with van der Waals surface area (Å²) in [6.45, 7) is 0. The summed E-state index contributed by atoms with van der Waals surface area (Å²) >= 11 is 10.8. The van der Waals surface area contributed by atoms with Gasteiger partial charge in [-0.15, -0.1) is 0 Å². The second kappa shape index (κ2) is 7.31. The van der Waals surface area contributed by atoms with Gasteiger partial charge in [0.05, 0.1) is 9.85 Å². The van der Waals surface area contributed by atoms with Crippen molar-refractivity contribution in [1.82, 2.24) is 9.97 Å². The van der Waals surface area contributed by atoms with Crippen LogP contribution in [0.1, 0.15) is 0 Å². The van der Waals surface area contributed by atoms with Crippen LogP contribution in [0.5, 0.6) is 0 Å². The van der Waals surface area contributed by atoms with Gasteiger partial charge in [0.1, 0.15) is 22.7 Å².